The van der Waals surface area contributed by atoms with Crippen molar-refractivity contribution in [3.63, 3.8) is 0 Å². The lowest BCUT2D eigenvalue weighted by molar-refractivity contribution is 0.0697. The number of carboxylic acid groups (broad SMARTS) is 1. The van der Waals surface area contributed by atoms with Gasteiger partial charge in [-0.2, -0.15) is 5.26 Å². The molecule has 0 bridgehead atoms. The first kappa shape index (κ1) is 29.2. The van der Waals surface area contributed by atoms with Gasteiger partial charge in [0, 0.05) is 36.4 Å². The van der Waals surface area contributed by atoms with Gasteiger partial charge in [-0.15, -0.1) is 0 Å². The molecule has 1 N–H and O–H groups in total. The van der Waals surface area contributed by atoms with Gasteiger partial charge in [-0.3, -0.25) is 0 Å². The molecule has 0 saturated carbocycles. The van der Waals surface area contributed by atoms with E-state index in [-0.39, 0.29) is 35.6 Å². The van der Waals surface area contributed by atoms with E-state index in [2.05, 4.69) is 9.97 Å². The zero-order valence-corrected chi connectivity index (χ0v) is 24.1. The number of pyridine rings is 1. The molecule has 6 aromatic rings. The molecule has 3 aromatic carbocycles. The minimum atomic E-state index is -1.05. The summed E-state index contributed by atoms with van der Waals surface area (Å²) in [5.74, 6) is -1.23. The molecule has 0 saturated heterocycles. The van der Waals surface area contributed by atoms with Crippen molar-refractivity contribution < 1.29 is 23.4 Å². The number of carbonyl (C=O) groups is 1. The van der Waals surface area contributed by atoms with E-state index >= 15 is 4.39 Å². The lowest BCUT2D eigenvalue weighted by Gasteiger charge is -2.12. The number of carboxylic acids is 1. The topological polar surface area (TPSA) is 119 Å². The maximum atomic E-state index is 15.6. The lowest BCUT2D eigenvalue weighted by Crippen LogP contribution is -2.10. The second kappa shape index (κ2) is 12.4. The Morgan fingerprint density at radius 2 is 1.82 bits per heavy atom. The Kier molecular flexibility index (Phi) is 8.03. The molecular weight excluding hydrogens is 578 g/mol. The number of aryl methyl sites for hydroxylation is 1. The molecule has 0 spiro atoms. The average Bonchev–Trinajstić information content (AvgIpc) is 3.65. The van der Waals surface area contributed by atoms with Crippen LogP contribution in [0.5, 0.6) is 5.88 Å². The molecule has 6 rings (SSSR count). The Balaban J connectivity index is 1.26. The maximum absolute atomic E-state index is 15.6. The van der Waals surface area contributed by atoms with Gasteiger partial charge in [-0.1, -0.05) is 24.3 Å². The molecular formula is C34H26F2N6O3. The Morgan fingerprint density at radius 3 is 2.58 bits per heavy atom. The first-order valence-electron chi connectivity index (χ1n) is 14.1. The number of halogens is 2. The van der Waals surface area contributed by atoms with E-state index in [1.807, 2.05) is 22.1 Å². The van der Waals surface area contributed by atoms with Gasteiger partial charge >= 0.3 is 5.97 Å². The van der Waals surface area contributed by atoms with Crippen LogP contribution >= 0.6 is 0 Å². The second-order valence-corrected chi connectivity index (χ2v) is 10.3. The van der Waals surface area contributed by atoms with E-state index in [0.29, 0.717) is 46.8 Å². The fraction of sp³-hybridized carbons (Fsp3) is 0.147. The maximum Gasteiger partial charge on any atom is 0.335 e. The van der Waals surface area contributed by atoms with E-state index < -0.39 is 17.6 Å². The molecule has 0 radical (unpaired) electrons. The van der Waals surface area contributed by atoms with Crippen molar-refractivity contribution in [1.29, 1.82) is 5.26 Å². The Labute approximate surface area is 256 Å². The fourth-order valence-electron chi connectivity index (χ4n) is 5.11. The highest BCUT2D eigenvalue weighted by Crippen LogP contribution is 2.26. The summed E-state index contributed by atoms with van der Waals surface area (Å²) in [4.78, 5) is 25.1. The standard InChI is InChI=1S/C34H26F2N6O3/c1-2-41-20-38-17-26(41)18-42-31-14-24(34(43)44)10-11-30(31)39-32(42)15-22-8-9-23(13-28(22)36)29-4-3-5-33(40-29)45-19-25-7-6-21(16-37)12-27(25)35/h3-14,17,20H,2,15,18-19H2,1H3,(H,43,44). The largest absolute Gasteiger partial charge is 0.478 e. The summed E-state index contributed by atoms with van der Waals surface area (Å²) in [6.07, 6.45) is 3.64. The zero-order valence-electron chi connectivity index (χ0n) is 24.1. The van der Waals surface area contributed by atoms with Crippen LogP contribution in [0.3, 0.4) is 0 Å². The molecule has 0 aliphatic rings. The van der Waals surface area contributed by atoms with Crippen molar-refractivity contribution in [2.24, 2.45) is 0 Å². The highest BCUT2D eigenvalue weighted by molar-refractivity contribution is 5.92. The number of nitrogens with zero attached hydrogens (tertiary/aromatic N) is 6. The smallest absolute Gasteiger partial charge is 0.335 e. The van der Waals surface area contributed by atoms with Crippen molar-refractivity contribution in [1.82, 2.24) is 24.1 Å². The summed E-state index contributed by atoms with van der Waals surface area (Å²) >= 11 is 0. The first-order valence-corrected chi connectivity index (χ1v) is 14.1. The molecule has 0 atom stereocenters. The molecule has 0 aliphatic heterocycles. The van der Waals surface area contributed by atoms with E-state index in [0.717, 1.165) is 11.8 Å². The normalized spacial score (nSPS) is 11.1. The number of hydrogen-bond acceptors (Lipinski definition) is 6. The summed E-state index contributed by atoms with van der Waals surface area (Å²) in [5.41, 5.74) is 4.18. The third-order valence-corrected chi connectivity index (χ3v) is 7.51. The number of benzene rings is 3. The molecule has 3 heterocycles. The van der Waals surface area contributed by atoms with Gasteiger partial charge in [0.1, 0.15) is 24.1 Å². The van der Waals surface area contributed by atoms with Crippen LogP contribution in [0.4, 0.5) is 8.78 Å². The highest BCUT2D eigenvalue weighted by Gasteiger charge is 2.18. The Bertz CT molecular complexity index is 2100. The number of ether oxygens (including phenoxy) is 1. The summed E-state index contributed by atoms with van der Waals surface area (Å²) in [5, 5.41) is 18.5. The van der Waals surface area contributed by atoms with Crippen LogP contribution in [0.2, 0.25) is 0 Å². The summed E-state index contributed by atoms with van der Waals surface area (Å²) in [6.45, 7) is 3.00. The first-order chi connectivity index (χ1) is 21.8. The molecule has 3 aromatic heterocycles. The highest BCUT2D eigenvalue weighted by atomic mass is 19.1. The van der Waals surface area contributed by atoms with Crippen molar-refractivity contribution in [2.75, 3.05) is 0 Å². The molecule has 0 fully saturated rings. The van der Waals surface area contributed by atoms with Gasteiger partial charge in [0.25, 0.3) is 0 Å². The van der Waals surface area contributed by atoms with E-state index in [9.17, 15) is 14.3 Å². The van der Waals surface area contributed by atoms with Gasteiger partial charge in [0.15, 0.2) is 0 Å². The van der Waals surface area contributed by atoms with E-state index in [1.165, 1.54) is 24.3 Å². The molecule has 45 heavy (non-hydrogen) atoms. The van der Waals surface area contributed by atoms with Gasteiger partial charge in [-0.25, -0.2) is 28.5 Å². The SMILES string of the molecule is CCn1cncc1Cn1c(Cc2ccc(-c3cccc(OCc4ccc(C#N)cc4F)n3)cc2F)nc2ccc(C(=O)O)cc21. The van der Waals surface area contributed by atoms with Gasteiger partial charge in [0.05, 0.1) is 52.5 Å². The summed E-state index contributed by atoms with van der Waals surface area (Å²) < 4.78 is 39.4. The van der Waals surface area contributed by atoms with Crippen molar-refractivity contribution in [2.45, 2.75) is 33.0 Å². The van der Waals surface area contributed by atoms with Crippen molar-refractivity contribution in [3.05, 3.63) is 131 Å². The molecule has 0 unspecified atom stereocenters. The number of aromatic carboxylic acids is 1. The van der Waals surface area contributed by atoms with Crippen LogP contribution in [0, 0.1) is 23.0 Å². The summed E-state index contributed by atoms with van der Waals surface area (Å²) in [6, 6.07) is 20.7. The third kappa shape index (κ3) is 6.12. The van der Waals surface area contributed by atoms with Crippen LogP contribution in [0.15, 0.2) is 85.3 Å². The fourth-order valence-corrected chi connectivity index (χ4v) is 5.11. The van der Waals surface area contributed by atoms with Gasteiger partial charge in [-0.05, 0) is 55.0 Å². The van der Waals surface area contributed by atoms with Crippen LogP contribution in [-0.4, -0.2) is 35.2 Å². The lowest BCUT2D eigenvalue weighted by atomic mass is 10.1. The van der Waals surface area contributed by atoms with Crippen LogP contribution in [0.1, 0.15) is 45.5 Å². The number of nitriles is 1. The van der Waals surface area contributed by atoms with E-state index in [1.54, 1.807) is 55.0 Å². The quantitative estimate of drug-likeness (QED) is 0.193. The molecule has 224 valence electrons. The number of rotatable bonds is 10. The Hall–Kier alpha value is -5.89. The van der Waals surface area contributed by atoms with Crippen molar-refractivity contribution in [3.8, 4) is 23.2 Å². The summed E-state index contributed by atoms with van der Waals surface area (Å²) in [7, 11) is 0. The van der Waals surface area contributed by atoms with Crippen molar-refractivity contribution >= 4 is 17.0 Å². The van der Waals surface area contributed by atoms with Crippen LogP contribution < -0.4 is 4.74 Å². The molecule has 0 amide bonds. The average molecular weight is 605 g/mol. The minimum absolute atomic E-state index is 0.0880. The monoisotopic (exact) mass is 604 g/mol. The van der Waals surface area contributed by atoms with Crippen LogP contribution in [0.25, 0.3) is 22.3 Å². The molecule has 11 heteroatoms. The number of imidazole rings is 2. The predicted octanol–water partition coefficient (Wildman–Crippen LogP) is 6.38. The molecule has 9 nitrogen and oxygen atoms in total. The predicted molar refractivity (Wildman–Crippen MR) is 162 cm³/mol. The Morgan fingerprint density at radius 1 is 1.00 bits per heavy atom. The third-order valence-electron chi connectivity index (χ3n) is 7.51. The number of aromatic nitrogens is 5. The second-order valence-electron chi connectivity index (χ2n) is 10.3. The van der Waals surface area contributed by atoms with E-state index in [4.69, 9.17) is 15.0 Å². The van der Waals surface area contributed by atoms with Gasteiger partial charge < -0.3 is 19.0 Å². The number of hydrogen-bond donors (Lipinski definition) is 1. The zero-order chi connectivity index (χ0) is 31.5. The number of fused-ring (bicyclic) bond motifs is 1. The molecule has 0 aliphatic carbocycles. The van der Waals surface area contributed by atoms with Gasteiger partial charge in [0.2, 0.25) is 5.88 Å². The van der Waals surface area contributed by atoms with Crippen LogP contribution in [-0.2, 0) is 26.1 Å². The minimum Gasteiger partial charge on any atom is -0.478 e.